The predicted molar refractivity (Wildman–Crippen MR) is 124 cm³/mol. The molecule has 0 amide bonds. The standard InChI is InChI=1S/C27H34O8/c1-13-16-12-32-24(30)20(16)22(31-7)15-10-18-26(5)9-8-19(29)34-25(3,4)23(26)17(33-14(2)28)11-27(18,6)35-21(13)15/h17-18,23H,8-12H2,1-7H3/t17-,18-,23+,26-,27+/m1/s1. The average Bonchev–Trinajstić information content (AvgIpc) is 3.08. The van der Waals surface area contributed by atoms with Gasteiger partial charge < -0.3 is 23.7 Å². The summed E-state index contributed by atoms with van der Waals surface area (Å²) < 4.78 is 29.8. The lowest BCUT2D eigenvalue weighted by molar-refractivity contribution is -0.221. The lowest BCUT2D eigenvalue weighted by Gasteiger charge is -2.61. The Hall–Kier alpha value is -2.77. The van der Waals surface area contributed by atoms with Crippen LogP contribution in [0.15, 0.2) is 0 Å². The number of carbonyl (C=O) groups excluding carboxylic acids is 3. The molecule has 0 radical (unpaired) electrons. The van der Waals surface area contributed by atoms with E-state index in [-0.39, 0.29) is 42.8 Å². The monoisotopic (exact) mass is 486 g/mol. The summed E-state index contributed by atoms with van der Waals surface area (Å²) in [6, 6.07) is 0. The topological polar surface area (TPSA) is 97.4 Å². The van der Waals surface area contributed by atoms with Crippen molar-refractivity contribution in [2.45, 2.75) is 91.1 Å². The lowest BCUT2D eigenvalue weighted by atomic mass is 9.48. The Balaban J connectivity index is 1.71. The van der Waals surface area contributed by atoms with E-state index in [1.807, 2.05) is 20.8 Å². The minimum Gasteiger partial charge on any atom is -0.495 e. The average molecular weight is 487 g/mol. The van der Waals surface area contributed by atoms with Gasteiger partial charge in [0, 0.05) is 42.7 Å². The van der Waals surface area contributed by atoms with Crippen molar-refractivity contribution >= 4 is 17.9 Å². The molecule has 2 fully saturated rings. The van der Waals surface area contributed by atoms with Crippen LogP contribution in [0.2, 0.25) is 0 Å². The van der Waals surface area contributed by atoms with Gasteiger partial charge in [-0.3, -0.25) is 9.59 Å². The summed E-state index contributed by atoms with van der Waals surface area (Å²) in [6.07, 6.45) is 1.43. The van der Waals surface area contributed by atoms with E-state index in [9.17, 15) is 14.4 Å². The first kappa shape index (κ1) is 23.9. The van der Waals surface area contributed by atoms with Gasteiger partial charge in [-0.1, -0.05) is 6.92 Å². The Bertz CT molecular complexity index is 1140. The summed E-state index contributed by atoms with van der Waals surface area (Å²) in [4.78, 5) is 37.4. The Labute approximate surface area is 205 Å². The van der Waals surface area contributed by atoms with Gasteiger partial charge in [0.05, 0.1) is 7.11 Å². The molecule has 0 N–H and O–H groups in total. The highest BCUT2D eigenvalue weighted by atomic mass is 16.6. The number of fused-ring (bicyclic) bond motifs is 5. The van der Waals surface area contributed by atoms with E-state index in [0.29, 0.717) is 36.3 Å². The van der Waals surface area contributed by atoms with E-state index in [1.165, 1.54) is 6.92 Å². The fraction of sp³-hybridized carbons (Fsp3) is 0.667. The van der Waals surface area contributed by atoms with Gasteiger partial charge in [0.2, 0.25) is 0 Å². The van der Waals surface area contributed by atoms with Crippen LogP contribution in [0.1, 0.15) is 80.9 Å². The van der Waals surface area contributed by atoms with Crippen LogP contribution in [0.3, 0.4) is 0 Å². The number of hydrogen-bond acceptors (Lipinski definition) is 8. The highest BCUT2D eigenvalue weighted by molar-refractivity contribution is 5.98. The van der Waals surface area contributed by atoms with E-state index in [0.717, 1.165) is 16.7 Å². The van der Waals surface area contributed by atoms with Crippen LogP contribution in [0, 0.1) is 24.2 Å². The second-order valence-corrected chi connectivity index (χ2v) is 11.5. The lowest BCUT2D eigenvalue weighted by Crippen LogP contribution is -2.66. The van der Waals surface area contributed by atoms with Gasteiger partial charge in [0.25, 0.3) is 0 Å². The summed E-state index contributed by atoms with van der Waals surface area (Å²) in [7, 11) is 1.56. The van der Waals surface area contributed by atoms with Crippen LogP contribution in [-0.2, 0) is 36.8 Å². The fourth-order valence-electron chi connectivity index (χ4n) is 7.77. The SMILES string of the molecule is COc1c2c(c(C)c3c1C(=O)OC3)O[C@@]1(C)C[C@@H](OC(C)=O)[C@H]3C(C)(C)OC(=O)CC[C@]3(C)[C@H]1C2. The zero-order valence-electron chi connectivity index (χ0n) is 21.5. The molecule has 1 aromatic rings. The maximum Gasteiger partial charge on any atom is 0.342 e. The van der Waals surface area contributed by atoms with Gasteiger partial charge >= 0.3 is 17.9 Å². The summed E-state index contributed by atoms with van der Waals surface area (Å²) >= 11 is 0. The first-order valence-corrected chi connectivity index (χ1v) is 12.3. The maximum absolute atomic E-state index is 12.6. The molecule has 8 nitrogen and oxygen atoms in total. The van der Waals surface area contributed by atoms with Gasteiger partial charge in [-0.15, -0.1) is 0 Å². The largest absolute Gasteiger partial charge is 0.495 e. The number of rotatable bonds is 2. The Morgan fingerprint density at radius 2 is 1.80 bits per heavy atom. The summed E-state index contributed by atoms with van der Waals surface area (Å²) in [6.45, 7) is 11.6. The summed E-state index contributed by atoms with van der Waals surface area (Å²) in [5.74, 6) is -0.0623. The summed E-state index contributed by atoms with van der Waals surface area (Å²) in [5, 5.41) is 0. The normalized spacial score (nSPS) is 34.7. The third kappa shape index (κ3) is 3.35. The number of benzene rings is 1. The van der Waals surface area contributed by atoms with Crippen molar-refractivity contribution in [3.63, 3.8) is 0 Å². The molecule has 5 rings (SSSR count). The number of carbonyl (C=O) groups is 3. The molecule has 3 aliphatic heterocycles. The molecule has 0 unspecified atom stereocenters. The number of ether oxygens (including phenoxy) is 5. The second kappa shape index (κ2) is 7.61. The number of cyclic esters (lactones) is 2. The smallest absolute Gasteiger partial charge is 0.342 e. The highest BCUT2D eigenvalue weighted by Crippen LogP contribution is 2.63. The van der Waals surface area contributed by atoms with Crippen LogP contribution in [-0.4, -0.2) is 42.3 Å². The Kier molecular flexibility index (Phi) is 5.21. The highest BCUT2D eigenvalue weighted by Gasteiger charge is 2.66. The van der Waals surface area contributed by atoms with Crippen molar-refractivity contribution in [2.24, 2.45) is 17.3 Å². The second-order valence-electron chi connectivity index (χ2n) is 11.5. The molecule has 3 heterocycles. The molecule has 0 bridgehead atoms. The Morgan fingerprint density at radius 1 is 1.09 bits per heavy atom. The van der Waals surface area contributed by atoms with E-state index >= 15 is 0 Å². The molecule has 0 spiro atoms. The molecule has 1 saturated heterocycles. The zero-order valence-corrected chi connectivity index (χ0v) is 21.5. The van der Waals surface area contributed by atoms with E-state index in [4.69, 9.17) is 23.7 Å². The molecule has 1 aliphatic carbocycles. The van der Waals surface area contributed by atoms with Crippen molar-refractivity contribution in [1.29, 1.82) is 0 Å². The molecule has 4 aliphatic rings. The third-order valence-corrected chi connectivity index (χ3v) is 8.90. The van der Waals surface area contributed by atoms with Crippen molar-refractivity contribution in [1.82, 2.24) is 0 Å². The minimum absolute atomic E-state index is 0.0446. The molecule has 35 heavy (non-hydrogen) atoms. The van der Waals surface area contributed by atoms with Crippen molar-refractivity contribution in [2.75, 3.05) is 7.11 Å². The minimum atomic E-state index is -0.841. The van der Waals surface area contributed by atoms with Crippen molar-refractivity contribution in [3.05, 3.63) is 22.3 Å². The van der Waals surface area contributed by atoms with E-state index < -0.39 is 22.7 Å². The van der Waals surface area contributed by atoms with Crippen LogP contribution >= 0.6 is 0 Å². The maximum atomic E-state index is 12.6. The Morgan fingerprint density at radius 3 is 2.46 bits per heavy atom. The number of methoxy groups -OCH3 is 1. The van der Waals surface area contributed by atoms with Gasteiger partial charge in [-0.2, -0.15) is 0 Å². The molecular formula is C27H34O8. The number of esters is 3. The third-order valence-electron chi connectivity index (χ3n) is 8.90. The molecule has 0 aromatic heterocycles. The van der Waals surface area contributed by atoms with Crippen LogP contribution in [0.4, 0.5) is 0 Å². The van der Waals surface area contributed by atoms with Gasteiger partial charge in [-0.25, -0.2) is 4.79 Å². The summed E-state index contributed by atoms with van der Waals surface area (Å²) in [5.41, 5.74) is 1.02. The van der Waals surface area contributed by atoms with E-state index in [1.54, 1.807) is 7.11 Å². The molecule has 5 atom stereocenters. The van der Waals surface area contributed by atoms with E-state index in [2.05, 4.69) is 13.8 Å². The zero-order chi connectivity index (χ0) is 25.5. The first-order chi connectivity index (χ1) is 16.3. The molecule has 8 heteroatoms. The molecule has 190 valence electrons. The van der Waals surface area contributed by atoms with Crippen LogP contribution in [0.5, 0.6) is 11.5 Å². The van der Waals surface area contributed by atoms with Crippen LogP contribution in [0.25, 0.3) is 0 Å². The first-order valence-electron chi connectivity index (χ1n) is 12.3. The predicted octanol–water partition coefficient (Wildman–Crippen LogP) is 4.06. The molecule has 1 saturated carbocycles. The van der Waals surface area contributed by atoms with Gasteiger partial charge in [0.1, 0.15) is 41.0 Å². The van der Waals surface area contributed by atoms with Gasteiger partial charge in [0.15, 0.2) is 0 Å². The quantitative estimate of drug-likeness (QED) is 0.456. The van der Waals surface area contributed by atoms with Crippen molar-refractivity contribution in [3.8, 4) is 11.5 Å². The van der Waals surface area contributed by atoms with Gasteiger partial charge in [-0.05, 0) is 51.5 Å². The number of hydrogen-bond donors (Lipinski definition) is 0. The van der Waals surface area contributed by atoms with Crippen LogP contribution < -0.4 is 9.47 Å². The fourth-order valence-corrected chi connectivity index (χ4v) is 7.77. The van der Waals surface area contributed by atoms with Crippen molar-refractivity contribution < 1.29 is 38.1 Å². The molecular weight excluding hydrogens is 452 g/mol. The molecule has 1 aromatic carbocycles.